The highest BCUT2D eigenvalue weighted by molar-refractivity contribution is 6.22. The second kappa shape index (κ2) is 9.96. The largest absolute Gasteiger partial charge is 0.395 e. The topological polar surface area (TPSA) is 72.9 Å². The van der Waals surface area contributed by atoms with Crippen molar-refractivity contribution in [2.24, 2.45) is 0 Å². The van der Waals surface area contributed by atoms with Crippen molar-refractivity contribution in [3.05, 3.63) is 47.2 Å². The van der Waals surface area contributed by atoms with Crippen molar-refractivity contribution in [1.29, 1.82) is 0 Å². The number of piperazine rings is 1. The van der Waals surface area contributed by atoms with Crippen molar-refractivity contribution in [3.8, 4) is 0 Å². The first-order valence-corrected chi connectivity index (χ1v) is 10.2. The van der Waals surface area contributed by atoms with Gasteiger partial charge in [0.15, 0.2) is 11.6 Å². The highest BCUT2D eigenvalue weighted by atomic mass is 16.3. The van der Waals surface area contributed by atoms with Gasteiger partial charge in [-0.05, 0) is 18.4 Å². The average molecular weight is 386 g/mol. The van der Waals surface area contributed by atoms with E-state index in [0.29, 0.717) is 24.1 Å². The van der Waals surface area contributed by atoms with E-state index < -0.39 is 0 Å². The Labute approximate surface area is 167 Å². The third-order valence-corrected chi connectivity index (χ3v) is 5.77. The van der Waals surface area contributed by atoms with Crippen LogP contribution in [0.15, 0.2) is 41.6 Å². The molecule has 1 aromatic rings. The van der Waals surface area contributed by atoms with Crippen LogP contribution in [0.4, 0.5) is 0 Å². The number of nitrogens with zero attached hydrogens (tertiary/aromatic N) is 2. The number of carbonyl (C=O) groups excluding carboxylic acids is 2. The van der Waals surface area contributed by atoms with E-state index in [1.165, 1.54) is 0 Å². The molecule has 0 radical (unpaired) electrons. The molecule has 0 unspecified atom stereocenters. The number of allylic oxidation sites excluding steroid dienone is 2. The molecule has 2 N–H and O–H groups in total. The molecule has 0 bridgehead atoms. The van der Waals surface area contributed by atoms with E-state index in [9.17, 15) is 9.59 Å². The molecule has 1 saturated carbocycles. The number of β-amino-alcohol motifs (C(OH)–C–C–N with tert-alkyl or cyclic N) is 1. The molecule has 1 heterocycles. The van der Waals surface area contributed by atoms with Crippen LogP contribution < -0.4 is 5.32 Å². The molecule has 0 spiro atoms. The van der Waals surface area contributed by atoms with Crippen molar-refractivity contribution < 1.29 is 14.7 Å². The summed E-state index contributed by atoms with van der Waals surface area (Å²) < 4.78 is 0. The Morgan fingerprint density at radius 2 is 1.57 bits per heavy atom. The fourth-order valence-electron chi connectivity index (χ4n) is 4.13. The standard InChI is InChI=1S/C22H31N3O3/c1-17(23-7-8-24-9-11-25(12-10-24)13-14-26)22-20(27)15-19(16-21(22)28)18-5-3-2-4-6-18/h2-6,19,23,26H,7-16H2,1H3. The number of benzene rings is 1. The first-order valence-electron chi connectivity index (χ1n) is 10.2. The van der Waals surface area contributed by atoms with Crippen LogP contribution in [0, 0.1) is 0 Å². The highest BCUT2D eigenvalue weighted by Gasteiger charge is 2.32. The van der Waals surface area contributed by atoms with Crippen molar-refractivity contribution in [2.75, 3.05) is 52.4 Å². The number of nitrogens with one attached hydrogen (secondary N) is 1. The molecule has 0 atom stereocenters. The Balaban J connectivity index is 1.50. The van der Waals surface area contributed by atoms with Gasteiger partial charge in [-0.15, -0.1) is 0 Å². The predicted octanol–water partition coefficient (Wildman–Crippen LogP) is 1.18. The Bertz CT molecular complexity index is 689. The van der Waals surface area contributed by atoms with Gasteiger partial charge in [-0.1, -0.05) is 30.3 Å². The van der Waals surface area contributed by atoms with Gasteiger partial charge in [0.1, 0.15) is 0 Å². The van der Waals surface area contributed by atoms with Gasteiger partial charge in [0.2, 0.25) is 0 Å². The first-order chi connectivity index (χ1) is 13.6. The van der Waals surface area contributed by atoms with Crippen LogP contribution in [-0.4, -0.2) is 78.9 Å². The van der Waals surface area contributed by atoms with Gasteiger partial charge in [-0.2, -0.15) is 0 Å². The molecule has 6 nitrogen and oxygen atoms in total. The number of ketones is 2. The van der Waals surface area contributed by atoms with Crippen molar-refractivity contribution in [3.63, 3.8) is 0 Å². The molecule has 3 rings (SSSR count). The molecular weight excluding hydrogens is 354 g/mol. The molecule has 152 valence electrons. The summed E-state index contributed by atoms with van der Waals surface area (Å²) in [5, 5.41) is 12.3. The van der Waals surface area contributed by atoms with E-state index in [0.717, 1.165) is 51.4 Å². The lowest BCUT2D eigenvalue weighted by atomic mass is 9.79. The third kappa shape index (κ3) is 5.28. The zero-order valence-corrected chi connectivity index (χ0v) is 16.7. The van der Waals surface area contributed by atoms with E-state index in [-0.39, 0.29) is 24.1 Å². The van der Waals surface area contributed by atoms with Gasteiger partial charge in [0.25, 0.3) is 0 Å². The lowest BCUT2D eigenvalue weighted by Gasteiger charge is -2.34. The number of hydrogen-bond acceptors (Lipinski definition) is 6. The smallest absolute Gasteiger partial charge is 0.168 e. The summed E-state index contributed by atoms with van der Waals surface area (Å²) in [4.78, 5) is 29.9. The Kier molecular flexibility index (Phi) is 7.36. The maximum absolute atomic E-state index is 12.6. The second-order valence-corrected chi connectivity index (χ2v) is 7.70. The maximum atomic E-state index is 12.6. The van der Waals surface area contributed by atoms with E-state index in [1.807, 2.05) is 37.3 Å². The van der Waals surface area contributed by atoms with E-state index in [4.69, 9.17) is 5.11 Å². The highest BCUT2D eigenvalue weighted by Crippen LogP contribution is 2.32. The third-order valence-electron chi connectivity index (χ3n) is 5.77. The van der Waals surface area contributed by atoms with Crippen LogP contribution in [-0.2, 0) is 9.59 Å². The number of rotatable bonds is 7. The second-order valence-electron chi connectivity index (χ2n) is 7.70. The molecular formula is C22H31N3O3. The van der Waals surface area contributed by atoms with Crippen LogP contribution in [0.2, 0.25) is 0 Å². The summed E-state index contributed by atoms with van der Waals surface area (Å²) in [5.74, 6) is -0.103. The zero-order chi connectivity index (χ0) is 19.9. The quantitative estimate of drug-likeness (QED) is 0.542. The molecule has 0 aromatic heterocycles. The van der Waals surface area contributed by atoms with Crippen LogP contribution in [0.25, 0.3) is 0 Å². The van der Waals surface area contributed by atoms with Gasteiger partial charge in [0, 0.05) is 64.4 Å². The Morgan fingerprint density at radius 1 is 1.00 bits per heavy atom. The predicted molar refractivity (Wildman–Crippen MR) is 109 cm³/mol. The zero-order valence-electron chi connectivity index (χ0n) is 16.7. The number of aliphatic hydroxyl groups is 1. The fraction of sp³-hybridized carbons (Fsp3) is 0.545. The lowest BCUT2D eigenvalue weighted by molar-refractivity contribution is -0.124. The lowest BCUT2D eigenvalue weighted by Crippen LogP contribution is -2.48. The first kappa shape index (κ1) is 20.7. The van der Waals surface area contributed by atoms with Gasteiger partial charge < -0.3 is 10.4 Å². The van der Waals surface area contributed by atoms with Crippen molar-refractivity contribution in [1.82, 2.24) is 15.1 Å². The summed E-state index contributed by atoms with van der Waals surface area (Å²) in [6.07, 6.45) is 0.799. The summed E-state index contributed by atoms with van der Waals surface area (Å²) in [5.41, 5.74) is 2.13. The maximum Gasteiger partial charge on any atom is 0.168 e. The Hall–Kier alpha value is -2.02. The van der Waals surface area contributed by atoms with E-state index in [1.54, 1.807) is 0 Å². The minimum absolute atomic E-state index is 0.00651. The molecule has 2 fully saturated rings. The van der Waals surface area contributed by atoms with Gasteiger partial charge in [0.05, 0.1) is 12.2 Å². The van der Waals surface area contributed by atoms with E-state index in [2.05, 4.69) is 15.1 Å². The molecule has 0 amide bonds. The van der Waals surface area contributed by atoms with Gasteiger partial charge >= 0.3 is 0 Å². The Morgan fingerprint density at radius 3 is 2.14 bits per heavy atom. The molecule has 1 saturated heterocycles. The summed E-state index contributed by atoms with van der Waals surface area (Å²) in [6.45, 7) is 8.30. The van der Waals surface area contributed by atoms with Crippen LogP contribution in [0.1, 0.15) is 31.2 Å². The summed E-state index contributed by atoms with van der Waals surface area (Å²) in [7, 11) is 0. The summed E-state index contributed by atoms with van der Waals surface area (Å²) >= 11 is 0. The average Bonchev–Trinajstić information content (AvgIpc) is 2.69. The molecule has 1 aliphatic heterocycles. The summed E-state index contributed by atoms with van der Waals surface area (Å²) in [6, 6.07) is 9.83. The van der Waals surface area contributed by atoms with Gasteiger partial charge in [-0.25, -0.2) is 0 Å². The molecule has 1 aromatic carbocycles. The van der Waals surface area contributed by atoms with Crippen LogP contribution in [0.3, 0.4) is 0 Å². The van der Waals surface area contributed by atoms with Crippen molar-refractivity contribution >= 4 is 11.6 Å². The fourth-order valence-corrected chi connectivity index (χ4v) is 4.13. The van der Waals surface area contributed by atoms with Crippen LogP contribution >= 0.6 is 0 Å². The molecule has 2 aliphatic rings. The SMILES string of the molecule is CC(NCCN1CCN(CCO)CC1)=C1C(=O)CC(c2ccccc2)CC1=O. The molecule has 6 heteroatoms. The van der Waals surface area contributed by atoms with Crippen molar-refractivity contribution in [2.45, 2.75) is 25.7 Å². The number of Topliss-reactive ketones (excluding diaryl/α,β-unsaturated/α-hetero) is 2. The number of carbonyl (C=O) groups is 2. The monoisotopic (exact) mass is 385 g/mol. The van der Waals surface area contributed by atoms with Gasteiger partial charge in [-0.3, -0.25) is 19.4 Å². The molecule has 28 heavy (non-hydrogen) atoms. The minimum Gasteiger partial charge on any atom is -0.395 e. The number of hydrogen-bond donors (Lipinski definition) is 2. The number of aliphatic hydroxyl groups excluding tert-OH is 1. The molecule has 1 aliphatic carbocycles. The normalized spacial score (nSPS) is 21.8. The van der Waals surface area contributed by atoms with Crippen LogP contribution in [0.5, 0.6) is 0 Å². The van der Waals surface area contributed by atoms with E-state index >= 15 is 0 Å². The minimum atomic E-state index is -0.0484.